The molecule has 0 spiro atoms. The predicted octanol–water partition coefficient (Wildman–Crippen LogP) is 3.91. The molecule has 2 aromatic rings. The molecule has 0 N–H and O–H groups in total. The summed E-state index contributed by atoms with van der Waals surface area (Å²) in [4.78, 5) is 31.9. The van der Waals surface area contributed by atoms with Gasteiger partial charge in [-0.1, -0.05) is 38.8 Å². The molecule has 0 aliphatic carbocycles. The molecule has 0 aliphatic rings. The number of hydrogen-bond acceptors (Lipinski definition) is 3. The van der Waals surface area contributed by atoms with E-state index in [1.54, 1.807) is 15.5 Å². The second kappa shape index (κ2) is 8.79. The highest BCUT2D eigenvalue weighted by atomic mass is 16.2. The maximum absolute atomic E-state index is 12.8. The molecule has 1 amide bonds. The Balaban J connectivity index is 2.42. The second-order valence-corrected chi connectivity index (χ2v) is 6.42. The number of carbonyl (C=O) groups excluding carboxylic acids is 1. The molecular weight excluding hydrogens is 314 g/mol. The lowest BCUT2D eigenvalue weighted by atomic mass is 10.1. The predicted molar refractivity (Wildman–Crippen MR) is 102 cm³/mol. The number of fused-ring (bicyclic) bond motifs is 1. The average Bonchev–Trinajstić information content (AvgIpc) is 2.62. The van der Waals surface area contributed by atoms with Crippen LogP contribution in [0.15, 0.2) is 29.1 Å². The van der Waals surface area contributed by atoms with Crippen LogP contribution < -0.4 is 5.56 Å². The van der Waals surface area contributed by atoms with Gasteiger partial charge < -0.3 is 4.90 Å². The van der Waals surface area contributed by atoms with Gasteiger partial charge in [-0.25, -0.2) is 4.98 Å². The summed E-state index contributed by atoms with van der Waals surface area (Å²) in [5.74, 6) is 0.797. The van der Waals surface area contributed by atoms with Crippen molar-refractivity contribution >= 4 is 16.8 Å². The van der Waals surface area contributed by atoms with E-state index in [0.29, 0.717) is 29.7 Å². The van der Waals surface area contributed by atoms with E-state index in [1.165, 1.54) is 0 Å². The number of aromatic nitrogens is 2. The van der Waals surface area contributed by atoms with Crippen molar-refractivity contribution in [1.82, 2.24) is 14.5 Å². The highest BCUT2D eigenvalue weighted by molar-refractivity contribution is 5.78. The Morgan fingerprint density at radius 1 is 1.20 bits per heavy atom. The molecule has 0 fully saturated rings. The lowest BCUT2D eigenvalue weighted by molar-refractivity contribution is -0.132. The van der Waals surface area contributed by atoms with Crippen LogP contribution >= 0.6 is 0 Å². The number of hydrogen-bond donors (Lipinski definition) is 0. The minimum Gasteiger partial charge on any atom is -0.336 e. The summed E-state index contributed by atoms with van der Waals surface area (Å²) in [6.07, 6.45) is 4.33. The summed E-state index contributed by atoms with van der Waals surface area (Å²) in [6, 6.07) is 7.21. The summed E-state index contributed by atoms with van der Waals surface area (Å²) in [6.45, 7) is 6.64. The molecule has 0 saturated heterocycles. The van der Waals surface area contributed by atoms with Gasteiger partial charge in [-0.05, 0) is 31.9 Å². The van der Waals surface area contributed by atoms with Crippen molar-refractivity contribution in [2.75, 3.05) is 7.05 Å². The van der Waals surface area contributed by atoms with E-state index < -0.39 is 0 Å². The zero-order valence-corrected chi connectivity index (χ0v) is 15.8. The van der Waals surface area contributed by atoms with Crippen molar-refractivity contribution in [3.05, 3.63) is 40.4 Å². The number of rotatable bonds is 8. The zero-order chi connectivity index (χ0) is 18.4. The van der Waals surface area contributed by atoms with Gasteiger partial charge in [0.25, 0.3) is 5.56 Å². The summed E-state index contributed by atoms with van der Waals surface area (Å²) in [5.41, 5.74) is 0.658. The highest BCUT2D eigenvalue weighted by Crippen LogP contribution is 2.23. The fourth-order valence-electron chi connectivity index (χ4n) is 3.25. The van der Waals surface area contributed by atoms with Crippen LogP contribution in [0, 0.1) is 0 Å². The van der Waals surface area contributed by atoms with Crippen LogP contribution in [-0.2, 0) is 11.3 Å². The summed E-state index contributed by atoms with van der Waals surface area (Å²) < 4.78 is 1.70. The molecule has 136 valence electrons. The Labute approximate surface area is 149 Å². The first-order chi connectivity index (χ1) is 12.0. The molecule has 2 rings (SSSR count). The topological polar surface area (TPSA) is 55.2 Å². The van der Waals surface area contributed by atoms with E-state index >= 15 is 0 Å². The monoisotopic (exact) mass is 343 g/mol. The van der Waals surface area contributed by atoms with Crippen molar-refractivity contribution < 1.29 is 4.79 Å². The van der Waals surface area contributed by atoms with Gasteiger partial charge in [0.2, 0.25) is 5.91 Å². The zero-order valence-electron chi connectivity index (χ0n) is 15.8. The fraction of sp³-hybridized carbons (Fsp3) is 0.550. The minimum absolute atomic E-state index is 0.0339. The third-order valence-corrected chi connectivity index (χ3v) is 4.75. The maximum Gasteiger partial charge on any atom is 0.261 e. The van der Waals surface area contributed by atoms with Gasteiger partial charge in [-0.3, -0.25) is 14.2 Å². The molecule has 1 aromatic carbocycles. The molecule has 1 aromatic heterocycles. The van der Waals surface area contributed by atoms with Gasteiger partial charge in [0, 0.05) is 20.0 Å². The smallest absolute Gasteiger partial charge is 0.261 e. The Hall–Kier alpha value is -2.17. The summed E-state index contributed by atoms with van der Waals surface area (Å²) in [7, 11) is 1.82. The summed E-state index contributed by atoms with van der Waals surface area (Å²) >= 11 is 0. The molecule has 5 nitrogen and oxygen atoms in total. The Bertz CT molecular complexity index is 782. The minimum atomic E-state index is -0.189. The van der Waals surface area contributed by atoms with E-state index in [9.17, 15) is 9.59 Å². The van der Waals surface area contributed by atoms with E-state index in [-0.39, 0.29) is 17.5 Å². The standard InChI is InChI=1S/C20H29N3O2/c1-5-8-9-14-18(24)22(4)17(6-2)19-21-16-13-11-10-12-15(16)20(25)23(19)7-3/h10-13,17H,5-9,14H2,1-4H3. The number of unbranched alkanes of at least 4 members (excludes halogenated alkanes) is 2. The lowest BCUT2D eigenvalue weighted by Crippen LogP contribution is -2.36. The third-order valence-electron chi connectivity index (χ3n) is 4.75. The van der Waals surface area contributed by atoms with Crippen molar-refractivity contribution in [3.8, 4) is 0 Å². The van der Waals surface area contributed by atoms with Crippen LogP contribution in [0.4, 0.5) is 0 Å². The van der Waals surface area contributed by atoms with Crippen LogP contribution in [-0.4, -0.2) is 27.4 Å². The largest absolute Gasteiger partial charge is 0.336 e. The first-order valence-electron chi connectivity index (χ1n) is 9.30. The molecule has 1 atom stereocenters. The van der Waals surface area contributed by atoms with E-state index in [1.807, 2.05) is 39.1 Å². The van der Waals surface area contributed by atoms with Crippen molar-refractivity contribution in [1.29, 1.82) is 0 Å². The molecule has 1 unspecified atom stereocenters. The molecule has 5 heteroatoms. The van der Waals surface area contributed by atoms with Gasteiger partial charge in [-0.2, -0.15) is 0 Å². The Morgan fingerprint density at radius 2 is 1.92 bits per heavy atom. The van der Waals surface area contributed by atoms with Crippen LogP contribution in [0.5, 0.6) is 0 Å². The van der Waals surface area contributed by atoms with Gasteiger partial charge in [0.1, 0.15) is 5.82 Å². The molecule has 0 saturated carbocycles. The number of carbonyl (C=O) groups is 1. The highest BCUT2D eigenvalue weighted by Gasteiger charge is 2.24. The van der Waals surface area contributed by atoms with Gasteiger partial charge in [0.05, 0.1) is 16.9 Å². The van der Waals surface area contributed by atoms with Crippen LogP contribution in [0.25, 0.3) is 10.9 Å². The van der Waals surface area contributed by atoms with Crippen molar-refractivity contribution in [2.45, 2.75) is 65.5 Å². The van der Waals surface area contributed by atoms with Gasteiger partial charge >= 0.3 is 0 Å². The fourth-order valence-corrected chi connectivity index (χ4v) is 3.25. The Kier molecular flexibility index (Phi) is 6.73. The van der Waals surface area contributed by atoms with Crippen molar-refractivity contribution in [2.24, 2.45) is 0 Å². The number of benzene rings is 1. The number of para-hydroxylation sites is 1. The van der Waals surface area contributed by atoms with Gasteiger partial charge in [-0.15, -0.1) is 0 Å². The quantitative estimate of drug-likeness (QED) is 0.683. The lowest BCUT2D eigenvalue weighted by Gasteiger charge is -2.29. The van der Waals surface area contributed by atoms with Crippen LogP contribution in [0.1, 0.15) is 64.7 Å². The van der Waals surface area contributed by atoms with E-state index in [0.717, 1.165) is 25.7 Å². The first-order valence-corrected chi connectivity index (χ1v) is 9.30. The van der Waals surface area contributed by atoms with Crippen LogP contribution in [0.3, 0.4) is 0 Å². The third kappa shape index (κ3) is 4.09. The summed E-state index contributed by atoms with van der Waals surface area (Å²) in [5, 5.41) is 0.625. The molecule has 0 aliphatic heterocycles. The molecule has 1 heterocycles. The van der Waals surface area contributed by atoms with Gasteiger partial charge in [0.15, 0.2) is 0 Å². The Morgan fingerprint density at radius 3 is 2.56 bits per heavy atom. The van der Waals surface area contributed by atoms with Crippen LogP contribution in [0.2, 0.25) is 0 Å². The van der Waals surface area contributed by atoms with E-state index in [2.05, 4.69) is 6.92 Å². The average molecular weight is 343 g/mol. The number of amides is 1. The SMILES string of the molecule is CCCCCC(=O)N(C)C(CC)c1nc2ccccc2c(=O)n1CC. The normalized spacial score (nSPS) is 12.3. The molecular formula is C20H29N3O2. The molecule has 0 bridgehead atoms. The molecule has 0 radical (unpaired) electrons. The van der Waals surface area contributed by atoms with E-state index in [4.69, 9.17) is 4.98 Å². The van der Waals surface area contributed by atoms with Crippen molar-refractivity contribution in [3.63, 3.8) is 0 Å². The maximum atomic E-state index is 12.8. The molecule has 25 heavy (non-hydrogen) atoms. The first kappa shape index (κ1) is 19.2. The number of nitrogens with zero attached hydrogens (tertiary/aromatic N) is 3. The second-order valence-electron chi connectivity index (χ2n) is 6.42.